The molecule has 0 aliphatic carbocycles. The van der Waals surface area contributed by atoms with Gasteiger partial charge in [0.2, 0.25) is 0 Å². The number of hydrogen-bond acceptors (Lipinski definition) is 2. The number of nitrogens with zero attached hydrogens (tertiary/aromatic N) is 1. The predicted octanol–water partition coefficient (Wildman–Crippen LogP) is 2.36. The minimum absolute atomic E-state index is 0.890. The molecular formula is C14H19N3. The van der Waals surface area contributed by atoms with E-state index in [1.165, 1.54) is 11.1 Å². The average molecular weight is 229 g/mol. The summed E-state index contributed by atoms with van der Waals surface area (Å²) in [6.45, 7) is 5.99. The molecule has 1 aromatic heterocycles. The van der Waals surface area contributed by atoms with Gasteiger partial charge in [-0.2, -0.15) is 5.10 Å². The topological polar surface area (TPSA) is 40.7 Å². The molecule has 2 rings (SSSR count). The number of rotatable bonds is 5. The third-order valence-corrected chi connectivity index (χ3v) is 3.02. The van der Waals surface area contributed by atoms with Crippen LogP contribution in [0.3, 0.4) is 0 Å². The Morgan fingerprint density at radius 3 is 2.59 bits per heavy atom. The molecule has 0 spiro atoms. The summed E-state index contributed by atoms with van der Waals surface area (Å²) in [7, 11) is 0. The Morgan fingerprint density at radius 1 is 1.18 bits per heavy atom. The highest BCUT2D eigenvalue weighted by Gasteiger charge is 2.04. The largest absolute Gasteiger partial charge is 0.312 e. The van der Waals surface area contributed by atoms with E-state index in [4.69, 9.17) is 0 Å². The third kappa shape index (κ3) is 3.17. The summed E-state index contributed by atoms with van der Waals surface area (Å²) in [5, 5.41) is 10.7. The van der Waals surface area contributed by atoms with Crippen LogP contribution >= 0.6 is 0 Å². The van der Waals surface area contributed by atoms with Gasteiger partial charge in [0.15, 0.2) is 0 Å². The first-order chi connectivity index (χ1) is 8.27. The molecular weight excluding hydrogens is 210 g/mol. The Labute approximate surface area is 102 Å². The number of benzene rings is 1. The number of aromatic amines is 1. The van der Waals surface area contributed by atoms with Crippen LogP contribution < -0.4 is 5.32 Å². The zero-order valence-corrected chi connectivity index (χ0v) is 10.5. The summed E-state index contributed by atoms with van der Waals surface area (Å²) in [5.41, 5.74) is 4.92. The lowest BCUT2D eigenvalue weighted by Gasteiger charge is -2.05. The molecule has 2 N–H and O–H groups in total. The molecule has 2 aromatic rings. The van der Waals surface area contributed by atoms with Crippen molar-refractivity contribution in [2.45, 2.75) is 26.8 Å². The van der Waals surface area contributed by atoms with E-state index in [-0.39, 0.29) is 0 Å². The van der Waals surface area contributed by atoms with Crippen LogP contribution in [0.15, 0.2) is 30.3 Å². The Morgan fingerprint density at radius 2 is 1.94 bits per heavy atom. The molecule has 1 heterocycles. The minimum atomic E-state index is 0.890. The monoisotopic (exact) mass is 229 g/mol. The molecule has 0 atom stereocenters. The lowest BCUT2D eigenvalue weighted by atomic mass is 10.1. The first-order valence-corrected chi connectivity index (χ1v) is 6.02. The van der Waals surface area contributed by atoms with E-state index < -0.39 is 0 Å². The number of H-pyrrole nitrogens is 1. The van der Waals surface area contributed by atoms with Crippen molar-refractivity contribution in [3.63, 3.8) is 0 Å². The van der Waals surface area contributed by atoms with Crippen LogP contribution in [0, 0.1) is 13.8 Å². The number of hydrogen-bond donors (Lipinski definition) is 2. The van der Waals surface area contributed by atoms with Gasteiger partial charge in [0.1, 0.15) is 0 Å². The van der Waals surface area contributed by atoms with Crippen LogP contribution in [0.2, 0.25) is 0 Å². The van der Waals surface area contributed by atoms with E-state index in [9.17, 15) is 0 Å². The summed E-state index contributed by atoms with van der Waals surface area (Å²) >= 11 is 0. The Kier molecular flexibility index (Phi) is 3.94. The van der Waals surface area contributed by atoms with Crippen LogP contribution in [-0.2, 0) is 13.0 Å². The molecule has 0 saturated heterocycles. The van der Waals surface area contributed by atoms with Gasteiger partial charge in [-0.3, -0.25) is 5.10 Å². The van der Waals surface area contributed by atoms with E-state index in [1.54, 1.807) is 0 Å². The molecule has 0 aliphatic heterocycles. The van der Waals surface area contributed by atoms with E-state index in [0.29, 0.717) is 0 Å². The maximum Gasteiger partial charge on any atom is 0.0638 e. The van der Waals surface area contributed by atoms with Crippen molar-refractivity contribution in [3.05, 3.63) is 52.8 Å². The molecule has 90 valence electrons. The van der Waals surface area contributed by atoms with Crippen LogP contribution in [0.25, 0.3) is 0 Å². The van der Waals surface area contributed by atoms with Gasteiger partial charge in [0.25, 0.3) is 0 Å². The van der Waals surface area contributed by atoms with Crippen molar-refractivity contribution in [1.29, 1.82) is 0 Å². The van der Waals surface area contributed by atoms with Gasteiger partial charge in [-0.25, -0.2) is 0 Å². The van der Waals surface area contributed by atoms with E-state index in [0.717, 1.165) is 30.9 Å². The zero-order valence-electron chi connectivity index (χ0n) is 10.5. The van der Waals surface area contributed by atoms with Crippen molar-refractivity contribution in [3.8, 4) is 0 Å². The van der Waals surface area contributed by atoms with Crippen molar-refractivity contribution >= 4 is 0 Å². The van der Waals surface area contributed by atoms with Crippen LogP contribution in [-0.4, -0.2) is 16.7 Å². The normalized spacial score (nSPS) is 10.7. The fourth-order valence-electron chi connectivity index (χ4n) is 1.93. The quantitative estimate of drug-likeness (QED) is 0.773. The zero-order chi connectivity index (χ0) is 12.1. The molecule has 0 aliphatic rings. The predicted molar refractivity (Wildman–Crippen MR) is 69.9 cm³/mol. The lowest BCUT2D eigenvalue weighted by molar-refractivity contribution is 0.682. The standard InChI is InChI=1S/C14H19N3/c1-11-14(12(2)17-16-11)10-15-9-8-13-6-4-3-5-7-13/h3-7,15H,8-10H2,1-2H3,(H,16,17). The van der Waals surface area contributed by atoms with Gasteiger partial charge in [0.05, 0.1) is 5.69 Å². The molecule has 0 amide bonds. The van der Waals surface area contributed by atoms with Crippen molar-refractivity contribution < 1.29 is 0 Å². The summed E-state index contributed by atoms with van der Waals surface area (Å²) in [4.78, 5) is 0. The average Bonchev–Trinajstić information content (AvgIpc) is 2.67. The molecule has 17 heavy (non-hydrogen) atoms. The maximum absolute atomic E-state index is 4.19. The van der Waals surface area contributed by atoms with Gasteiger partial charge < -0.3 is 5.32 Å². The highest BCUT2D eigenvalue weighted by Crippen LogP contribution is 2.08. The summed E-state index contributed by atoms with van der Waals surface area (Å²) in [6, 6.07) is 10.5. The highest BCUT2D eigenvalue weighted by atomic mass is 15.1. The smallest absolute Gasteiger partial charge is 0.0638 e. The van der Waals surface area contributed by atoms with Crippen molar-refractivity contribution in [1.82, 2.24) is 15.5 Å². The van der Waals surface area contributed by atoms with Crippen molar-refractivity contribution in [2.75, 3.05) is 6.54 Å². The van der Waals surface area contributed by atoms with Crippen LogP contribution in [0.5, 0.6) is 0 Å². The van der Waals surface area contributed by atoms with Crippen molar-refractivity contribution in [2.24, 2.45) is 0 Å². The molecule has 3 nitrogen and oxygen atoms in total. The summed E-state index contributed by atoms with van der Waals surface area (Å²) < 4.78 is 0. The number of nitrogens with one attached hydrogen (secondary N) is 2. The first kappa shape index (κ1) is 11.9. The molecule has 0 fully saturated rings. The third-order valence-electron chi connectivity index (χ3n) is 3.02. The molecule has 0 radical (unpaired) electrons. The van der Waals surface area contributed by atoms with Gasteiger partial charge in [-0.1, -0.05) is 30.3 Å². The fraction of sp³-hybridized carbons (Fsp3) is 0.357. The van der Waals surface area contributed by atoms with Crippen LogP contribution in [0.4, 0.5) is 0 Å². The van der Waals surface area contributed by atoms with Gasteiger partial charge in [0, 0.05) is 17.8 Å². The second kappa shape index (κ2) is 5.64. The number of aryl methyl sites for hydroxylation is 2. The minimum Gasteiger partial charge on any atom is -0.312 e. The second-order valence-corrected chi connectivity index (χ2v) is 4.32. The summed E-state index contributed by atoms with van der Waals surface area (Å²) in [6.07, 6.45) is 1.07. The Balaban J connectivity index is 1.77. The van der Waals surface area contributed by atoms with Gasteiger partial charge >= 0.3 is 0 Å². The van der Waals surface area contributed by atoms with E-state index in [1.807, 2.05) is 6.92 Å². The second-order valence-electron chi connectivity index (χ2n) is 4.32. The van der Waals surface area contributed by atoms with E-state index in [2.05, 4.69) is 52.8 Å². The molecule has 0 bridgehead atoms. The fourth-order valence-corrected chi connectivity index (χ4v) is 1.93. The SMILES string of the molecule is Cc1n[nH]c(C)c1CNCCc1ccccc1. The Hall–Kier alpha value is -1.61. The van der Waals surface area contributed by atoms with Gasteiger partial charge in [-0.05, 0) is 32.4 Å². The van der Waals surface area contributed by atoms with E-state index >= 15 is 0 Å². The molecule has 0 saturated carbocycles. The van der Waals surface area contributed by atoms with Gasteiger partial charge in [-0.15, -0.1) is 0 Å². The van der Waals surface area contributed by atoms with Crippen LogP contribution in [0.1, 0.15) is 22.5 Å². The molecule has 3 heteroatoms. The number of aromatic nitrogens is 2. The maximum atomic E-state index is 4.19. The lowest BCUT2D eigenvalue weighted by Crippen LogP contribution is -2.17. The highest BCUT2D eigenvalue weighted by molar-refractivity contribution is 5.22. The molecule has 1 aromatic carbocycles. The Bertz CT molecular complexity index is 440. The first-order valence-electron chi connectivity index (χ1n) is 6.02. The summed E-state index contributed by atoms with van der Waals surface area (Å²) in [5.74, 6) is 0. The molecule has 0 unspecified atom stereocenters.